The summed E-state index contributed by atoms with van der Waals surface area (Å²) in [5.74, 6) is -0.427. The summed E-state index contributed by atoms with van der Waals surface area (Å²) in [6, 6.07) is 6.48. The van der Waals surface area contributed by atoms with Gasteiger partial charge in [0, 0.05) is 11.8 Å². The molecule has 1 aromatic carbocycles. The zero-order chi connectivity index (χ0) is 18.0. The Balaban J connectivity index is 1.60. The molecule has 2 aliphatic carbocycles. The first-order valence-electron chi connectivity index (χ1n) is 9.06. The first-order chi connectivity index (χ1) is 11.8. The number of amides is 1. The molecule has 2 bridgehead atoms. The summed E-state index contributed by atoms with van der Waals surface area (Å²) in [6.45, 7) is 6.75. The lowest BCUT2D eigenvalue weighted by Crippen LogP contribution is -2.46. The second-order valence-corrected chi connectivity index (χ2v) is 8.54. The number of carbonyl (C=O) groups excluding carboxylic acids is 1. The predicted molar refractivity (Wildman–Crippen MR) is 93.5 cm³/mol. The zero-order valence-electron chi connectivity index (χ0n) is 15.0. The summed E-state index contributed by atoms with van der Waals surface area (Å²) >= 11 is 0. The molecule has 1 N–H and O–H groups in total. The van der Waals surface area contributed by atoms with E-state index in [1.54, 1.807) is 6.07 Å². The average Bonchev–Trinajstić information content (AvgIpc) is 3.11. The lowest BCUT2D eigenvalue weighted by atomic mass is 9.70. The Labute approximate surface area is 148 Å². The van der Waals surface area contributed by atoms with Crippen molar-refractivity contribution in [2.75, 3.05) is 4.90 Å². The van der Waals surface area contributed by atoms with E-state index < -0.39 is 18.1 Å². The molecule has 134 valence electrons. The highest BCUT2D eigenvalue weighted by Crippen LogP contribution is 2.66. The number of fused-ring (bicyclic) bond motifs is 3. The van der Waals surface area contributed by atoms with E-state index in [9.17, 15) is 14.7 Å². The van der Waals surface area contributed by atoms with E-state index in [0.29, 0.717) is 18.0 Å². The zero-order valence-corrected chi connectivity index (χ0v) is 15.0. The van der Waals surface area contributed by atoms with Crippen LogP contribution in [-0.4, -0.2) is 29.3 Å². The van der Waals surface area contributed by atoms with Crippen molar-refractivity contribution in [3.05, 3.63) is 29.8 Å². The molecule has 1 heterocycles. The molecule has 5 heteroatoms. The summed E-state index contributed by atoms with van der Waals surface area (Å²) in [5, 5.41) is 9.56. The Hall–Kier alpha value is -2.04. The Morgan fingerprint density at radius 3 is 2.56 bits per heavy atom. The van der Waals surface area contributed by atoms with Crippen LogP contribution < -0.4 is 4.90 Å². The van der Waals surface area contributed by atoms with Gasteiger partial charge in [0.15, 0.2) is 0 Å². The van der Waals surface area contributed by atoms with Gasteiger partial charge in [-0.05, 0) is 42.2 Å². The number of para-hydroxylation sites is 1. The second kappa shape index (κ2) is 5.23. The van der Waals surface area contributed by atoms with Crippen molar-refractivity contribution in [1.82, 2.24) is 0 Å². The molecule has 2 fully saturated rings. The Bertz CT molecular complexity index is 743. The van der Waals surface area contributed by atoms with E-state index >= 15 is 0 Å². The van der Waals surface area contributed by atoms with Crippen molar-refractivity contribution < 1.29 is 19.4 Å². The van der Waals surface area contributed by atoms with E-state index in [2.05, 4.69) is 20.8 Å². The quantitative estimate of drug-likeness (QED) is 0.885. The van der Waals surface area contributed by atoms with Crippen LogP contribution in [0.2, 0.25) is 0 Å². The number of carboxylic acids is 1. The summed E-state index contributed by atoms with van der Waals surface area (Å²) < 4.78 is 5.93. The fourth-order valence-corrected chi connectivity index (χ4v) is 5.30. The van der Waals surface area contributed by atoms with Crippen molar-refractivity contribution in [2.45, 2.75) is 58.6 Å². The topological polar surface area (TPSA) is 66.8 Å². The lowest BCUT2D eigenvalue weighted by Gasteiger charge is -2.39. The number of carbonyl (C=O) groups is 2. The van der Waals surface area contributed by atoms with Crippen molar-refractivity contribution in [3.8, 4) is 0 Å². The highest BCUT2D eigenvalue weighted by Gasteiger charge is 2.63. The van der Waals surface area contributed by atoms with Crippen LogP contribution >= 0.6 is 0 Å². The third kappa shape index (κ3) is 2.14. The van der Waals surface area contributed by atoms with E-state index in [1.165, 1.54) is 11.3 Å². The summed E-state index contributed by atoms with van der Waals surface area (Å²) in [4.78, 5) is 25.9. The highest BCUT2D eigenvalue weighted by molar-refractivity contribution is 5.98. The van der Waals surface area contributed by atoms with Gasteiger partial charge in [0.25, 0.3) is 0 Å². The summed E-state index contributed by atoms with van der Waals surface area (Å²) in [7, 11) is 0. The number of rotatable bonds is 2. The molecule has 1 aliphatic heterocycles. The maximum absolute atomic E-state index is 12.9. The van der Waals surface area contributed by atoms with Crippen LogP contribution in [0.25, 0.3) is 0 Å². The number of hydrogen-bond acceptors (Lipinski definition) is 3. The van der Waals surface area contributed by atoms with Gasteiger partial charge in [0.05, 0.1) is 5.69 Å². The third-order valence-corrected chi connectivity index (χ3v) is 7.41. The number of hydrogen-bond donors (Lipinski definition) is 1. The molecule has 0 radical (unpaired) electrons. The number of benzene rings is 1. The molecular weight excluding hydrogens is 318 g/mol. The molecule has 0 aromatic heterocycles. The number of anilines is 1. The minimum atomic E-state index is -0.993. The summed E-state index contributed by atoms with van der Waals surface area (Å²) in [6.07, 6.45) is 2.78. The first kappa shape index (κ1) is 16.4. The second-order valence-electron chi connectivity index (χ2n) is 8.54. The van der Waals surface area contributed by atoms with E-state index in [0.717, 1.165) is 18.4 Å². The van der Waals surface area contributed by atoms with E-state index in [1.807, 2.05) is 18.2 Å². The molecular formula is C20H25NO4. The monoisotopic (exact) mass is 343 g/mol. The van der Waals surface area contributed by atoms with Gasteiger partial charge in [0.1, 0.15) is 12.1 Å². The van der Waals surface area contributed by atoms with Crippen LogP contribution in [0.5, 0.6) is 0 Å². The van der Waals surface area contributed by atoms with Crippen molar-refractivity contribution in [2.24, 2.45) is 16.7 Å². The van der Waals surface area contributed by atoms with Crippen LogP contribution in [0.4, 0.5) is 10.5 Å². The number of nitrogens with zero attached hydrogens (tertiary/aromatic N) is 1. The molecule has 4 atom stereocenters. The molecule has 1 aromatic rings. The Morgan fingerprint density at radius 1 is 1.24 bits per heavy atom. The number of ether oxygens (including phenoxy) is 1. The van der Waals surface area contributed by atoms with Crippen molar-refractivity contribution in [3.63, 3.8) is 0 Å². The van der Waals surface area contributed by atoms with Crippen LogP contribution in [0.3, 0.4) is 0 Å². The minimum absolute atomic E-state index is 0.0364. The van der Waals surface area contributed by atoms with Crippen LogP contribution in [0.15, 0.2) is 24.3 Å². The molecule has 0 saturated heterocycles. The van der Waals surface area contributed by atoms with Gasteiger partial charge in [-0.15, -0.1) is 0 Å². The fraction of sp³-hybridized carbons (Fsp3) is 0.600. The first-order valence-corrected chi connectivity index (χ1v) is 9.06. The molecule has 2 saturated carbocycles. The van der Waals surface area contributed by atoms with Gasteiger partial charge >= 0.3 is 12.1 Å². The molecule has 25 heavy (non-hydrogen) atoms. The Kier molecular flexibility index (Phi) is 3.44. The van der Waals surface area contributed by atoms with Crippen LogP contribution in [0, 0.1) is 16.7 Å². The van der Waals surface area contributed by atoms with Gasteiger partial charge in [-0.3, -0.25) is 4.90 Å². The fourth-order valence-electron chi connectivity index (χ4n) is 5.30. The molecule has 3 aliphatic rings. The van der Waals surface area contributed by atoms with Crippen LogP contribution in [-0.2, 0) is 16.0 Å². The van der Waals surface area contributed by atoms with Gasteiger partial charge in [-0.2, -0.15) is 0 Å². The largest absolute Gasteiger partial charge is 0.480 e. The molecule has 4 rings (SSSR count). The molecule has 0 spiro atoms. The molecule has 1 amide bonds. The Morgan fingerprint density at radius 2 is 1.96 bits per heavy atom. The highest BCUT2D eigenvalue weighted by atomic mass is 16.6. The lowest BCUT2D eigenvalue weighted by molar-refractivity contribution is -0.138. The predicted octanol–water partition coefficient (Wildman–Crippen LogP) is 3.85. The van der Waals surface area contributed by atoms with Gasteiger partial charge < -0.3 is 9.84 Å². The smallest absolute Gasteiger partial charge is 0.415 e. The molecule has 5 nitrogen and oxygen atoms in total. The van der Waals surface area contributed by atoms with Gasteiger partial charge in [-0.25, -0.2) is 9.59 Å². The normalized spacial score (nSPS) is 34.8. The minimum Gasteiger partial charge on any atom is -0.480 e. The molecule has 2 unspecified atom stereocenters. The number of aliphatic carboxylic acids is 1. The van der Waals surface area contributed by atoms with Crippen LogP contribution in [0.1, 0.15) is 45.6 Å². The SMILES string of the molecule is CC1(C)C2CC[C@]1(C)C(OC(=O)N1c3ccccc3C[C@@H]1C(=O)O)C2. The van der Waals surface area contributed by atoms with E-state index in [-0.39, 0.29) is 16.9 Å². The van der Waals surface area contributed by atoms with Crippen molar-refractivity contribution in [1.29, 1.82) is 0 Å². The average molecular weight is 343 g/mol. The van der Waals surface area contributed by atoms with Crippen molar-refractivity contribution >= 4 is 17.7 Å². The maximum Gasteiger partial charge on any atom is 0.415 e. The van der Waals surface area contributed by atoms with E-state index in [4.69, 9.17) is 4.74 Å². The maximum atomic E-state index is 12.9. The number of carboxylic acid groups (broad SMARTS) is 1. The van der Waals surface area contributed by atoms with Gasteiger partial charge in [-0.1, -0.05) is 39.0 Å². The summed E-state index contributed by atoms with van der Waals surface area (Å²) in [5.41, 5.74) is 1.65. The standard InChI is InChI=1S/C20H25NO4/c1-19(2)13-8-9-20(19,3)16(11-13)25-18(24)21-14-7-5-4-6-12(14)10-15(21)17(22)23/h4-7,13,15-16H,8-11H2,1-3H3,(H,22,23)/t13?,15-,16?,20-/m1/s1. The third-order valence-electron chi connectivity index (χ3n) is 7.41. The van der Waals surface area contributed by atoms with Gasteiger partial charge in [0.2, 0.25) is 0 Å².